The summed E-state index contributed by atoms with van der Waals surface area (Å²) in [6.45, 7) is 1.88. The molecule has 1 aliphatic rings. The minimum Gasteiger partial charge on any atom is -0.424 e. The molecule has 0 bridgehead atoms. The summed E-state index contributed by atoms with van der Waals surface area (Å²) < 4.78 is 5.65. The maximum atomic E-state index is 5.65. The highest BCUT2D eigenvalue weighted by Crippen LogP contribution is 2.29. The van der Waals surface area contributed by atoms with Crippen LogP contribution in [-0.2, 0) is 0 Å². The van der Waals surface area contributed by atoms with Crippen LogP contribution >= 0.6 is 0 Å². The first-order valence-corrected chi connectivity index (χ1v) is 9.98. The molecule has 4 heterocycles. The Bertz CT molecular complexity index is 1080. The molecule has 8 heteroatoms. The maximum absolute atomic E-state index is 5.65. The molecular formula is C22H21N7O. The summed E-state index contributed by atoms with van der Waals surface area (Å²) >= 11 is 0. The second kappa shape index (κ2) is 8.28. The Morgan fingerprint density at radius 2 is 1.77 bits per heavy atom. The molecule has 4 aromatic rings. The van der Waals surface area contributed by atoms with Crippen molar-refractivity contribution in [1.82, 2.24) is 30.1 Å². The molecule has 5 rings (SSSR count). The van der Waals surface area contributed by atoms with Crippen LogP contribution in [0.2, 0.25) is 0 Å². The Labute approximate surface area is 174 Å². The Kier molecular flexibility index (Phi) is 5.03. The van der Waals surface area contributed by atoms with Gasteiger partial charge in [-0.05, 0) is 37.1 Å². The SMILES string of the molecule is c1ccc(Oc2ncc(-c3c[nH]c(C4CCN(c5cccnn5)CC4)n3)cn2)cc1. The highest BCUT2D eigenvalue weighted by Gasteiger charge is 2.24. The quantitative estimate of drug-likeness (QED) is 0.545. The number of hydrogen-bond acceptors (Lipinski definition) is 7. The lowest BCUT2D eigenvalue weighted by molar-refractivity contribution is 0.442. The van der Waals surface area contributed by atoms with E-state index in [1.54, 1.807) is 18.6 Å². The van der Waals surface area contributed by atoms with Crippen LogP contribution < -0.4 is 9.64 Å². The zero-order valence-electron chi connectivity index (χ0n) is 16.3. The van der Waals surface area contributed by atoms with Gasteiger partial charge in [-0.3, -0.25) is 0 Å². The van der Waals surface area contributed by atoms with E-state index in [0.717, 1.165) is 48.8 Å². The standard InChI is InChI=1S/C22H21N7O/c1-2-5-18(6-3-1)30-22-24-13-17(14-25-22)19-15-23-21(27-19)16-8-11-29(12-9-16)20-7-4-10-26-28-20/h1-7,10,13-16H,8-9,11-12H2,(H,23,27). The van der Waals surface area contributed by atoms with E-state index in [4.69, 9.17) is 9.72 Å². The molecule has 1 N–H and O–H groups in total. The Balaban J connectivity index is 1.22. The molecule has 0 radical (unpaired) electrons. The first-order chi connectivity index (χ1) is 14.8. The second-order valence-corrected chi connectivity index (χ2v) is 7.18. The number of anilines is 1. The predicted molar refractivity (Wildman–Crippen MR) is 112 cm³/mol. The number of nitrogens with one attached hydrogen (secondary N) is 1. The number of aromatic amines is 1. The van der Waals surface area contributed by atoms with E-state index in [9.17, 15) is 0 Å². The first-order valence-electron chi connectivity index (χ1n) is 9.98. The van der Waals surface area contributed by atoms with Gasteiger partial charge in [0, 0.05) is 49.4 Å². The van der Waals surface area contributed by atoms with E-state index in [2.05, 4.69) is 30.0 Å². The molecule has 0 atom stereocenters. The number of piperidine rings is 1. The summed E-state index contributed by atoms with van der Waals surface area (Å²) in [4.78, 5) is 19.0. The van der Waals surface area contributed by atoms with Gasteiger partial charge in [-0.2, -0.15) is 5.10 Å². The molecule has 0 aliphatic carbocycles. The number of H-pyrrole nitrogens is 1. The lowest BCUT2D eigenvalue weighted by atomic mass is 9.96. The third kappa shape index (κ3) is 3.98. The number of nitrogens with zero attached hydrogens (tertiary/aromatic N) is 6. The van der Waals surface area contributed by atoms with Crippen LogP contribution in [0.4, 0.5) is 5.82 Å². The van der Waals surface area contributed by atoms with Crippen molar-refractivity contribution in [2.45, 2.75) is 18.8 Å². The summed E-state index contributed by atoms with van der Waals surface area (Å²) in [5.74, 6) is 3.05. The molecule has 1 fully saturated rings. The fourth-order valence-electron chi connectivity index (χ4n) is 3.63. The van der Waals surface area contributed by atoms with Crippen LogP contribution in [0, 0.1) is 0 Å². The number of hydrogen-bond donors (Lipinski definition) is 1. The molecule has 1 aliphatic heterocycles. The van der Waals surface area contributed by atoms with Crippen molar-refractivity contribution in [3.05, 3.63) is 73.1 Å². The van der Waals surface area contributed by atoms with Gasteiger partial charge in [0.05, 0.1) is 5.69 Å². The van der Waals surface area contributed by atoms with E-state index in [-0.39, 0.29) is 0 Å². The lowest BCUT2D eigenvalue weighted by Crippen LogP contribution is -2.33. The van der Waals surface area contributed by atoms with E-state index in [1.807, 2.05) is 48.7 Å². The Morgan fingerprint density at radius 3 is 2.50 bits per heavy atom. The second-order valence-electron chi connectivity index (χ2n) is 7.18. The van der Waals surface area contributed by atoms with Crippen molar-refractivity contribution >= 4 is 5.82 Å². The highest BCUT2D eigenvalue weighted by molar-refractivity contribution is 5.56. The molecular weight excluding hydrogens is 378 g/mol. The van der Waals surface area contributed by atoms with Crippen LogP contribution in [0.1, 0.15) is 24.6 Å². The van der Waals surface area contributed by atoms with Gasteiger partial charge in [-0.15, -0.1) is 5.10 Å². The van der Waals surface area contributed by atoms with Gasteiger partial charge in [0.25, 0.3) is 0 Å². The van der Waals surface area contributed by atoms with Gasteiger partial charge < -0.3 is 14.6 Å². The molecule has 1 aromatic carbocycles. The Hall–Kier alpha value is -3.81. The monoisotopic (exact) mass is 399 g/mol. The highest BCUT2D eigenvalue weighted by atomic mass is 16.5. The van der Waals surface area contributed by atoms with Crippen molar-refractivity contribution in [2.75, 3.05) is 18.0 Å². The molecule has 1 saturated heterocycles. The number of para-hydroxylation sites is 1. The number of aromatic nitrogens is 6. The molecule has 30 heavy (non-hydrogen) atoms. The third-order valence-electron chi connectivity index (χ3n) is 5.24. The average Bonchev–Trinajstić information content (AvgIpc) is 3.31. The first kappa shape index (κ1) is 18.2. The van der Waals surface area contributed by atoms with Crippen LogP contribution in [0.3, 0.4) is 0 Å². The minimum atomic E-state index is 0.317. The zero-order valence-corrected chi connectivity index (χ0v) is 16.3. The van der Waals surface area contributed by atoms with E-state index in [0.29, 0.717) is 17.7 Å². The van der Waals surface area contributed by atoms with Crippen LogP contribution in [0.25, 0.3) is 11.3 Å². The summed E-state index contributed by atoms with van der Waals surface area (Å²) in [6, 6.07) is 13.7. The molecule has 8 nitrogen and oxygen atoms in total. The number of benzene rings is 1. The van der Waals surface area contributed by atoms with Crippen LogP contribution in [0.5, 0.6) is 11.8 Å². The Morgan fingerprint density at radius 1 is 0.967 bits per heavy atom. The zero-order chi connectivity index (χ0) is 20.2. The average molecular weight is 399 g/mol. The molecule has 0 spiro atoms. The summed E-state index contributed by atoms with van der Waals surface area (Å²) in [7, 11) is 0. The fourth-order valence-corrected chi connectivity index (χ4v) is 3.63. The topological polar surface area (TPSA) is 92.7 Å². The number of rotatable bonds is 5. The van der Waals surface area contributed by atoms with Gasteiger partial charge >= 0.3 is 6.01 Å². The summed E-state index contributed by atoms with van der Waals surface area (Å²) in [5.41, 5.74) is 1.70. The molecule has 0 amide bonds. The molecule has 150 valence electrons. The van der Waals surface area contributed by atoms with Gasteiger partial charge in [-0.1, -0.05) is 18.2 Å². The third-order valence-corrected chi connectivity index (χ3v) is 5.24. The number of imidazole rings is 1. The predicted octanol–water partition coefficient (Wildman–Crippen LogP) is 3.83. The van der Waals surface area contributed by atoms with Crippen molar-refractivity contribution in [3.63, 3.8) is 0 Å². The van der Waals surface area contributed by atoms with Crippen molar-refractivity contribution in [2.24, 2.45) is 0 Å². The van der Waals surface area contributed by atoms with Crippen molar-refractivity contribution < 1.29 is 4.74 Å². The summed E-state index contributed by atoms with van der Waals surface area (Å²) in [5, 5.41) is 8.18. The lowest BCUT2D eigenvalue weighted by Gasteiger charge is -2.31. The largest absolute Gasteiger partial charge is 0.424 e. The molecule has 0 saturated carbocycles. The van der Waals surface area contributed by atoms with E-state index < -0.39 is 0 Å². The van der Waals surface area contributed by atoms with Gasteiger partial charge in [-0.25, -0.2) is 15.0 Å². The smallest absolute Gasteiger partial charge is 0.321 e. The van der Waals surface area contributed by atoms with E-state index in [1.165, 1.54) is 0 Å². The van der Waals surface area contributed by atoms with Gasteiger partial charge in [0.2, 0.25) is 0 Å². The van der Waals surface area contributed by atoms with Crippen molar-refractivity contribution in [1.29, 1.82) is 0 Å². The van der Waals surface area contributed by atoms with Crippen molar-refractivity contribution in [3.8, 4) is 23.0 Å². The van der Waals surface area contributed by atoms with Gasteiger partial charge in [0.1, 0.15) is 11.6 Å². The normalized spacial score (nSPS) is 14.6. The van der Waals surface area contributed by atoms with E-state index >= 15 is 0 Å². The summed E-state index contributed by atoms with van der Waals surface area (Å²) in [6.07, 6.45) is 9.13. The molecule has 3 aromatic heterocycles. The number of ether oxygens (including phenoxy) is 1. The maximum Gasteiger partial charge on any atom is 0.321 e. The molecule has 0 unspecified atom stereocenters. The minimum absolute atomic E-state index is 0.317. The fraction of sp³-hybridized carbons (Fsp3) is 0.227. The van der Waals surface area contributed by atoms with Crippen LogP contribution in [0.15, 0.2) is 67.3 Å². The van der Waals surface area contributed by atoms with Crippen LogP contribution in [-0.4, -0.2) is 43.2 Å². The van der Waals surface area contributed by atoms with Gasteiger partial charge in [0.15, 0.2) is 5.82 Å².